The molecule has 1 aromatic rings. The van der Waals surface area contributed by atoms with Crippen molar-refractivity contribution in [2.75, 3.05) is 32.7 Å². The van der Waals surface area contributed by atoms with E-state index in [1.807, 2.05) is 6.07 Å². The summed E-state index contributed by atoms with van der Waals surface area (Å²) in [5.74, 6) is -5.60. The number of carboxylic acid groups (broad SMARTS) is 1. The van der Waals surface area contributed by atoms with Crippen molar-refractivity contribution < 1.29 is 43.4 Å². The minimum Gasteiger partial charge on any atom is -0.480 e. The number of amides is 5. The number of nitrogens with one attached hydrogen (secondary N) is 2. The number of carboxylic acids is 1. The lowest BCUT2D eigenvalue weighted by Crippen LogP contribution is -2.58. The van der Waals surface area contributed by atoms with Crippen LogP contribution in [0.4, 0.5) is 4.79 Å². The minimum atomic E-state index is -1.16. The number of carbonyl (C=O) groups is 7. The fourth-order valence-electron chi connectivity index (χ4n) is 5.18. The summed E-state index contributed by atoms with van der Waals surface area (Å²) in [6.45, 7) is 6.51. The molecule has 0 bridgehead atoms. The molecule has 1 aromatic carbocycles. The molecule has 44 heavy (non-hydrogen) atoms. The van der Waals surface area contributed by atoms with Crippen LogP contribution in [0.25, 0.3) is 0 Å². The summed E-state index contributed by atoms with van der Waals surface area (Å²) >= 11 is 0. The zero-order valence-electron chi connectivity index (χ0n) is 25.5. The second kappa shape index (κ2) is 15.3. The van der Waals surface area contributed by atoms with Gasteiger partial charge in [-0.25, -0.2) is 9.59 Å². The van der Waals surface area contributed by atoms with Crippen LogP contribution in [0, 0.1) is 11.8 Å². The molecule has 0 aromatic heterocycles. The Bertz CT molecular complexity index is 1250. The maximum atomic E-state index is 13.6. The first-order valence-corrected chi connectivity index (χ1v) is 14.7. The quantitative estimate of drug-likeness (QED) is 0.197. The van der Waals surface area contributed by atoms with Gasteiger partial charge in [0.1, 0.15) is 37.8 Å². The first-order valence-electron chi connectivity index (χ1n) is 14.7. The number of hydrogen-bond donors (Lipinski definition) is 3. The van der Waals surface area contributed by atoms with Crippen LogP contribution in [0.5, 0.6) is 0 Å². The summed E-state index contributed by atoms with van der Waals surface area (Å²) in [4.78, 5) is 92.4. The van der Waals surface area contributed by atoms with E-state index in [9.17, 15) is 33.6 Å². The topological polar surface area (TPSA) is 183 Å². The Kier molecular flexibility index (Phi) is 11.8. The molecule has 0 radical (unpaired) electrons. The highest BCUT2D eigenvalue weighted by molar-refractivity contribution is 6.36. The molecule has 0 unspecified atom stereocenters. The molecule has 2 aliphatic heterocycles. The van der Waals surface area contributed by atoms with Crippen LogP contribution in [0.3, 0.4) is 0 Å². The number of rotatable bonds is 14. The van der Waals surface area contributed by atoms with E-state index in [1.165, 1.54) is 9.80 Å². The van der Waals surface area contributed by atoms with Crippen molar-refractivity contribution >= 4 is 41.5 Å². The second-order valence-electron chi connectivity index (χ2n) is 11.7. The standard InChI is InChI=1S/C30H41N5O9/c1-18(2)24(26(39)29(42)44-17-20-9-6-5-7-10-20)32-27(40)21-11-8-12-35(21)28(41)25(19(3)4)31-22(36)15-33-13-14-34(30(33)43)16-23(37)38/h5-7,9-10,18-19,21,24-25H,8,11-17H2,1-4H3,(H,31,36)(H,32,40)(H,37,38)/t21-,24-,25-/m0/s1. The van der Waals surface area contributed by atoms with Crippen LogP contribution >= 0.6 is 0 Å². The van der Waals surface area contributed by atoms with E-state index < -0.39 is 72.1 Å². The molecule has 2 saturated heterocycles. The van der Waals surface area contributed by atoms with Crippen molar-refractivity contribution in [2.45, 2.75) is 65.3 Å². The monoisotopic (exact) mass is 615 g/mol. The van der Waals surface area contributed by atoms with Crippen LogP contribution in [0.1, 0.15) is 46.1 Å². The van der Waals surface area contributed by atoms with Gasteiger partial charge in [0.05, 0.1) is 0 Å². The zero-order chi connectivity index (χ0) is 32.6. The number of aliphatic carboxylic acids is 1. The van der Waals surface area contributed by atoms with E-state index in [1.54, 1.807) is 52.0 Å². The summed E-state index contributed by atoms with van der Waals surface area (Å²) in [7, 11) is 0. The van der Waals surface area contributed by atoms with E-state index in [0.717, 1.165) is 4.90 Å². The molecule has 3 atom stereocenters. The van der Waals surface area contributed by atoms with Crippen LogP contribution < -0.4 is 10.6 Å². The van der Waals surface area contributed by atoms with Gasteiger partial charge in [0, 0.05) is 19.6 Å². The Hall–Kier alpha value is -4.49. The van der Waals surface area contributed by atoms with Gasteiger partial charge in [-0.3, -0.25) is 24.0 Å². The Morgan fingerprint density at radius 2 is 1.50 bits per heavy atom. The van der Waals surface area contributed by atoms with Crippen molar-refractivity contribution in [3.05, 3.63) is 35.9 Å². The molecule has 2 fully saturated rings. The molecule has 0 saturated carbocycles. The summed E-state index contributed by atoms with van der Waals surface area (Å²) in [5.41, 5.74) is 0.706. The number of nitrogens with zero attached hydrogens (tertiary/aromatic N) is 3. The van der Waals surface area contributed by atoms with Crippen molar-refractivity contribution in [1.82, 2.24) is 25.3 Å². The number of ketones is 1. The second-order valence-corrected chi connectivity index (χ2v) is 11.7. The lowest BCUT2D eigenvalue weighted by molar-refractivity contribution is -0.156. The third-order valence-corrected chi connectivity index (χ3v) is 7.59. The molecule has 5 amide bonds. The molecule has 3 rings (SSSR count). The fraction of sp³-hybridized carbons (Fsp3) is 0.567. The summed E-state index contributed by atoms with van der Waals surface area (Å²) in [6, 6.07) is 5.20. The fourth-order valence-corrected chi connectivity index (χ4v) is 5.18. The normalized spacial score (nSPS) is 17.9. The number of esters is 1. The highest BCUT2D eigenvalue weighted by atomic mass is 16.5. The highest BCUT2D eigenvalue weighted by Crippen LogP contribution is 2.21. The van der Waals surface area contributed by atoms with Crippen molar-refractivity contribution in [1.29, 1.82) is 0 Å². The molecule has 2 heterocycles. The van der Waals surface area contributed by atoms with Crippen LogP contribution in [0.2, 0.25) is 0 Å². The summed E-state index contributed by atoms with van der Waals surface area (Å²) in [5, 5.41) is 14.3. The predicted molar refractivity (Wildman–Crippen MR) is 156 cm³/mol. The Morgan fingerprint density at radius 3 is 2.09 bits per heavy atom. The number of urea groups is 1. The third-order valence-electron chi connectivity index (χ3n) is 7.59. The van der Waals surface area contributed by atoms with E-state index in [2.05, 4.69) is 10.6 Å². The molecular formula is C30H41N5O9. The van der Waals surface area contributed by atoms with E-state index in [0.29, 0.717) is 18.4 Å². The molecule has 240 valence electrons. The molecular weight excluding hydrogens is 574 g/mol. The van der Waals surface area contributed by atoms with Gasteiger partial charge >= 0.3 is 18.0 Å². The zero-order valence-corrected chi connectivity index (χ0v) is 25.5. The molecule has 0 spiro atoms. The predicted octanol–water partition coefficient (Wildman–Crippen LogP) is 0.394. The maximum absolute atomic E-state index is 13.6. The molecule has 3 N–H and O–H groups in total. The van der Waals surface area contributed by atoms with Gasteiger partial charge in [0.15, 0.2) is 0 Å². The molecule has 14 nitrogen and oxygen atoms in total. The first kappa shape index (κ1) is 34.0. The van der Waals surface area contributed by atoms with Crippen molar-refractivity contribution in [2.24, 2.45) is 11.8 Å². The van der Waals surface area contributed by atoms with E-state index in [4.69, 9.17) is 9.84 Å². The molecule has 14 heteroatoms. The third kappa shape index (κ3) is 8.77. The summed E-state index contributed by atoms with van der Waals surface area (Å²) < 4.78 is 5.16. The number of hydrogen-bond acceptors (Lipinski definition) is 8. The average molecular weight is 616 g/mol. The molecule has 0 aliphatic carbocycles. The van der Waals surface area contributed by atoms with Gasteiger partial charge < -0.3 is 35.2 Å². The van der Waals surface area contributed by atoms with Crippen LogP contribution in [0.15, 0.2) is 30.3 Å². The summed E-state index contributed by atoms with van der Waals surface area (Å²) in [6.07, 6.45) is 0.846. The Morgan fingerprint density at radius 1 is 0.886 bits per heavy atom. The van der Waals surface area contributed by atoms with Gasteiger partial charge in [0.25, 0.3) is 5.78 Å². The maximum Gasteiger partial charge on any atom is 0.377 e. The number of carbonyl (C=O) groups excluding carboxylic acids is 6. The van der Waals surface area contributed by atoms with Crippen LogP contribution in [-0.2, 0) is 40.1 Å². The number of ether oxygens (including phenoxy) is 1. The van der Waals surface area contributed by atoms with Gasteiger partial charge in [-0.1, -0.05) is 58.0 Å². The van der Waals surface area contributed by atoms with Crippen molar-refractivity contribution in [3.63, 3.8) is 0 Å². The largest absolute Gasteiger partial charge is 0.480 e. The lowest BCUT2D eigenvalue weighted by Gasteiger charge is -2.32. The average Bonchev–Trinajstić information content (AvgIpc) is 3.60. The van der Waals surface area contributed by atoms with E-state index >= 15 is 0 Å². The van der Waals surface area contributed by atoms with Crippen molar-refractivity contribution in [3.8, 4) is 0 Å². The SMILES string of the molecule is CC(C)[C@H](NC(=O)[C@@H]1CCCN1C(=O)[C@@H](NC(=O)CN1CCN(CC(=O)O)C1=O)C(C)C)C(=O)C(=O)OCc1ccccc1. The van der Waals surface area contributed by atoms with Gasteiger partial charge in [-0.05, 0) is 30.2 Å². The van der Waals surface area contributed by atoms with E-state index in [-0.39, 0.29) is 38.7 Å². The van der Waals surface area contributed by atoms with Gasteiger partial charge in [-0.2, -0.15) is 0 Å². The Labute approximate surface area is 256 Å². The van der Waals surface area contributed by atoms with Crippen LogP contribution in [-0.4, -0.2) is 112 Å². The highest BCUT2D eigenvalue weighted by Gasteiger charge is 2.41. The van der Waals surface area contributed by atoms with Gasteiger partial charge in [-0.15, -0.1) is 0 Å². The first-order chi connectivity index (χ1) is 20.8. The number of Topliss-reactive ketones (excluding diaryl/α,β-unsaturated/α-hetero) is 1. The lowest BCUT2D eigenvalue weighted by atomic mass is 9.98. The minimum absolute atomic E-state index is 0.0934. The van der Waals surface area contributed by atoms with Gasteiger partial charge in [0.2, 0.25) is 17.7 Å². The molecule has 2 aliphatic rings. The number of benzene rings is 1. The number of likely N-dealkylation sites (tertiary alicyclic amines) is 1. The Balaban J connectivity index is 1.61. The smallest absolute Gasteiger partial charge is 0.377 e.